The first kappa shape index (κ1) is 29.5. The maximum atomic E-state index is 13.5. The van der Waals surface area contributed by atoms with Crippen molar-refractivity contribution in [3.05, 3.63) is 58.6 Å². The molecule has 0 radical (unpaired) electrons. The van der Waals surface area contributed by atoms with Crippen molar-refractivity contribution >= 4 is 30.4 Å². The van der Waals surface area contributed by atoms with Crippen LogP contribution < -0.4 is 16.5 Å². The molecule has 1 aliphatic rings. The average molecular weight is 557 g/mol. The normalized spacial score (nSPS) is 21.6. The van der Waals surface area contributed by atoms with Gasteiger partial charge in [0.05, 0.1) is 31.3 Å². The van der Waals surface area contributed by atoms with E-state index in [1.807, 2.05) is 30.3 Å². The Balaban J connectivity index is 1.60. The van der Waals surface area contributed by atoms with Crippen LogP contribution in [0.2, 0.25) is 0 Å². The van der Waals surface area contributed by atoms with E-state index in [0.717, 1.165) is 17.3 Å². The molecule has 0 aliphatic carbocycles. The van der Waals surface area contributed by atoms with Gasteiger partial charge in [0.1, 0.15) is 18.1 Å². The summed E-state index contributed by atoms with van der Waals surface area (Å²) in [6.45, 7) is 2.81. The van der Waals surface area contributed by atoms with E-state index in [-0.39, 0.29) is 49.5 Å². The van der Waals surface area contributed by atoms with Gasteiger partial charge in [0, 0.05) is 24.9 Å². The first-order valence-corrected chi connectivity index (χ1v) is 14.2. The second-order valence-electron chi connectivity index (χ2n) is 9.10. The minimum atomic E-state index is -3.89. The van der Waals surface area contributed by atoms with Crippen LogP contribution in [0.15, 0.2) is 47.4 Å². The molecule has 1 aliphatic heterocycles. The minimum Gasteiger partial charge on any atom is -0.395 e. The maximum Gasteiger partial charge on any atom is 0.405 e. The van der Waals surface area contributed by atoms with E-state index >= 15 is 0 Å². The SMILES string of the molecule is CC(C)(CO)C(=O)SCCOP(=O)(NCc1ccccc1)OC[C@@H]1O[C@H](n2ccc(N)nc2=O)C[C@@H]1O. The van der Waals surface area contributed by atoms with E-state index in [9.17, 15) is 24.4 Å². The van der Waals surface area contributed by atoms with Gasteiger partial charge in [-0.3, -0.25) is 18.4 Å². The molecule has 204 valence electrons. The highest BCUT2D eigenvalue weighted by molar-refractivity contribution is 8.13. The second kappa shape index (κ2) is 13.1. The summed E-state index contributed by atoms with van der Waals surface area (Å²) in [5.41, 5.74) is 4.85. The van der Waals surface area contributed by atoms with E-state index < -0.39 is 37.3 Å². The quantitative estimate of drug-likeness (QED) is 0.208. The average Bonchev–Trinajstić information content (AvgIpc) is 3.24. The van der Waals surface area contributed by atoms with Crippen molar-refractivity contribution in [2.45, 2.75) is 45.2 Å². The monoisotopic (exact) mass is 556 g/mol. The third kappa shape index (κ3) is 8.45. The first-order chi connectivity index (χ1) is 17.5. The number of benzene rings is 1. The number of nitrogen functional groups attached to an aromatic ring is 1. The molecule has 3 rings (SSSR count). The predicted molar refractivity (Wildman–Crippen MR) is 139 cm³/mol. The number of aliphatic hydroxyl groups is 2. The molecule has 5 N–H and O–H groups in total. The molecule has 0 spiro atoms. The lowest BCUT2D eigenvalue weighted by Gasteiger charge is -2.23. The number of nitrogens with two attached hydrogens (primary N) is 1. The summed E-state index contributed by atoms with van der Waals surface area (Å²) >= 11 is 0.967. The highest BCUT2D eigenvalue weighted by Gasteiger charge is 2.38. The Morgan fingerprint density at radius 3 is 2.73 bits per heavy atom. The highest BCUT2D eigenvalue weighted by Crippen LogP contribution is 2.45. The number of aromatic nitrogens is 2. The van der Waals surface area contributed by atoms with Gasteiger partial charge >= 0.3 is 13.4 Å². The third-order valence-electron chi connectivity index (χ3n) is 5.62. The van der Waals surface area contributed by atoms with Gasteiger partial charge in [0.25, 0.3) is 0 Å². The number of hydrogen-bond acceptors (Lipinski definition) is 11. The first-order valence-electron chi connectivity index (χ1n) is 11.7. The number of carbonyl (C=O) groups is 1. The van der Waals surface area contributed by atoms with Crippen molar-refractivity contribution < 1.29 is 33.4 Å². The molecule has 14 heteroatoms. The van der Waals surface area contributed by atoms with Gasteiger partial charge in [0.15, 0.2) is 5.12 Å². The molecular formula is C23H33N4O8PS. The molecular weight excluding hydrogens is 523 g/mol. The van der Waals surface area contributed by atoms with Gasteiger partial charge in [0.2, 0.25) is 0 Å². The largest absolute Gasteiger partial charge is 0.405 e. The van der Waals surface area contributed by atoms with Crippen LogP contribution in [0.3, 0.4) is 0 Å². The van der Waals surface area contributed by atoms with Gasteiger partial charge in [-0.15, -0.1) is 0 Å². The van der Waals surface area contributed by atoms with Crippen LogP contribution in [0.1, 0.15) is 32.1 Å². The van der Waals surface area contributed by atoms with Gasteiger partial charge < -0.3 is 20.7 Å². The van der Waals surface area contributed by atoms with Gasteiger partial charge in [-0.1, -0.05) is 42.1 Å². The Bertz CT molecular complexity index is 1150. The molecule has 1 aromatic heterocycles. The summed E-state index contributed by atoms with van der Waals surface area (Å²) in [6, 6.07) is 10.7. The third-order valence-corrected chi connectivity index (χ3v) is 8.36. The molecule has 2 heterocycles. The topological polar surface area (TPSA) is 175 Å². The Morgan fingerprint density at radius 1 is 1.32 bits per heavy atom. The lowest BCUT2D eigenvalue weighted by molar-refractivity contribution is -0.119. The zero-order valence-corrected chi connectivity index (χ0v) is 22.4. The predicted octanol–water partition coefficient (Wildman–Crippen LogP) is 1.68. The van der Waals surface area contributed by atoms with Crippen LogP contribution >= 0.6 is 19.5 Å². The summed E-state index contributed by atoms with van der Waals surface area (Å²) in [6.07, 6.45) is -1.14. The van der Waals surface area contributed by atoms with Crippen LogP contribution in [0.25, 0.3) is 0 Å². The Morgan fingerprint density at radius 2 is 2.05 bits per heavy atom. The molecule has 2 aromatic rings. The van der Waals surface area contributed by atoms with Crippen LogP contribution in [0.5, 0.6) is 0 Å². The number of aliphatic hydroxyl groups excluding tert-OH is 2. The summed E-state index contributed by atoms with van der Waals surface area (Å²) < 4.78 is 31.6. The van der Waals surface area contributed by atoms with Crippen molar-refractivity contribution in [2.75, 3.05) is 31.3 Å². The molecule has 1 aromatic carbocycles. The fourth-order valence-corrected chi connectivity index (χ4v) is 5.56. The number of thioether (sulfide) groups is 1. The lowest BCUT2D eigenvalue weighted by atomic mass is 9.97. The Hall–Kier alpha value is -2.09. The second-order valence-corrected chi connectivity index (χ2v) is 12.0. The standard InChI is InChI=1S/C23H33N4O8PS/c1-23(2,15-28)21(30)37-11-10-33-36(32,25-13-16-6-4-3-5-7-16)34-14-18-17(29)12-20(35-18)27-9-8-19(24)26-22(27)31/h3-9,17-18,20,28-29H,10-15H2,1-2H3,(H,25,32)(H2,24,26,31)/t17-,18-,20-,36?/m0/s1. The van der Waals surface area contributed by atoms with Gasteiger partial charge in [-0.05, 0) is 25.5 Å². The Labute approximate surface area is 219 Å². The van der Waals surface area contributed by atoms with E-state index in [4.69, 9.17) is 19.5 Å². The molecule has 0 bridgehead atoms. The van der Waals surface area contributed by atoms with Crippen molar-refractivity contribution in [2.24, 2.45) is 5.41 Å². The number of carbonyl (C=O) groups excluding carboxylic acids is 1. The fourth-order valence-electron chi connectivity index (χ4n) is 3.32. The summed E-state index contributed by atoms with van der Waals surface area (Å²) in [5.74, 6) is 0.266. The number of nitrogens with one attached hydrogen (secondary N) is 1. The molecule has 1 fully saturated rings. The minimum absolute atomic E-state index is 0.0693. The van der Waals surface area contributed by atoms with Crippen LogP contribution in [-0.4, -0.2) is 62.7 Å². The molecule has 4 atom stereocenters. The van der Waals surface area contributed by atoms with E-state index in [1.54, 1.807) is 13.8 Å². The zero-order valence-electron chi connectivity index (χ0n) is 20.7. The number of rotatable bonds is 13. The van der Waals surface area contributed by atoms with Crippen molar-refractivity contribution in [3.63, 3.8) is 0 Å². The molecule has 12 nitrogen and oxygen atoms in total. The van der Waals surface area contributed by atoms with Crippen molar-refractivity contribution in [1.82, 2.24) is 14.6 Å². The lowest BCUT2D eigenvalue weighted by Crippen LogP contribution is -2.29. The molecule has 1 saturated heterocycles. The maximum absolute atomic E-state index is 13.5. The molecule has 1 unspecified atom stereocenters. The van der Waals surface area contributed by atoms with Gasteiger partial charge in [-0.2, -0.15) is 4.98 Å². The number of ether oxygens (including phenoxy) is 1. The van der Waals surface area contributed by atoms with Gasteiger partial charge in [-0.25, -0.2) is 14.4 Å². The molecule has 37 heavy (non-hydrogen) atoms. The van der Waals surface area contributed by atoms with E-state index in [1.165, 1.54) is 16.8 Å². The number of nitrogens with zero attached hydrogens (tertiary/aromatic N) is 2. The number of hydrogen-bond donors (Lipinski definition) is 4. The smallest absolute Gasteiger partial charge is 0.395 e. The summed E-state index contributed by atoms with van der Waals surface area (Å²) in [4.78, 5) is 28.0. The van der Waals surface area contributed by atoms with Crippen LogP contribution in [0, 0.1) is 5.41 Å². The van der Waals surface area contributed by atoms with E-state index in [2.05, 4.69) is 10.1 Å². The fraction of sp³-hybridized carbons (Fsp3) is 0.522. The summed E-state index contributed by atoms with van der Waals surface area (Å²) in [7, 11) is -3.89. The molecule has 0 amide bonds. The highest BCUT2D eigenvalue weighted by atomic mass is 32.2. The van der Waals surface area contributed by atoms with Crippen molar-refractivity contribution in [3.8, 4) is 0 Å². The van der Waals surface area contributed by atoms with Crippen LogP contribution in [0.4, 0.5) is 5.82 Å². The number of anilines is 1. The zero-order chi connectivity index (χ0) is 27.1. The van der Waals surface area contributed by atoms with Crippen LogP contribution in [-0.2, 0) is 29.7 Å². The van der Waals surface area contributed by atoms with E-state index in [0.29, 0.717) is 0 Å². The summed E-state index contributed by atoms with van der Waals surface area (Å²) in [5, 5.41) is 22.4. The molecule has 0 saturated carbocycles. The van der Waals surface area contributed by atoms with Crippen molar-refractivity contribution in [1.29, 1.82) is 0 Å². The Kier molecular flexibility index (Phi) is 10.4.